The maximum absolute atomic E-state index is 12.1. The van der Waals surface area contributed by atoms with Crippen LogP contribution < -0.4 is 10.0 Å². The second kappa shape index (κ2) is 14.1. The van der Waals surface area contributed by atoms with Gasteiger partial charge < -0.3 is 15.0 Å². The molecular weight excluding hydrogens is 310 g/mol. The van der Waals surface area contributed by atoms with Gasteiger partial charge >= 0.3 is 0 Å². The molecule has 0 rings (SSSR count). The van der Waals surface area contributed by atoms with Crippen LogP contribution in [-0.2, 0) is 9.53 Å². The normalized spacial score (nSPS) is 12.8. The van der Waals surface area contributed by atoms with Crippen LogP contribution in [0.15, 0.2) is 0 Å². The van der Waals surface area contributed by atoms with Crippen molar-refractivity contribution in [2.75, 3.05) is 33.8 Å². The number of carbonyl (C=O) groups excluding carboxylic acids is 1. The zero-order valence-electron chi connectivity index (χ0n) is 16.7. The van der Waals surface area contributed by atoms with E-state index in [-0.39, 0.29) is 5.91 Å². The fraction of sp³-hybridized carbons (Fsp3) is 0.941. The second-order valence-electron chi connectivity index (χ2n) is 6.41. The van der Waals surface area contributed by atoms with Gasteiger partial charge in [-0.25, -0.2) is 0 Å². The Hall–Kier alpha value is -0.300. The van der Waals surface area contributed by atoms with Crippen molar-refractivity contribution in [3.8, 4) is 0 Å². The number of ether oxygens (including phenoxy) is 1. The van der Waals surface area contributed by atoms with E-state index < -0.39 is 5.60 Å². The van der Waals surface area contributed by atoms with Gasteiger partial charge in [-0.3, -0.25) is 9.52 Å². The molecule has 0 aliphatic carbocycles. The third-order valence-electron chi connectivity index (χ3n) is 2.88. The lowest BCUT2D eigenvalue weighted by Gasteiger charge is -2.25. The maximum atomic E-state index is 12.1. The van der Waals surface area contributed by atoms with Gasteiger partial charge in [0.2, 0.25) is 0 Å². The van der Waals surface area contributed by atoms with Crippen LogP contribution in [0.3, 0.4) is 0 Å². The summed E-state index contributed by atoms with van der Waals surface area (Å²) in [7, 11) is 3.97. The Kier molecular flexibility index (Phi) is 15.3. The Bertz CT molecular complexity index is 298. The first-order valence-corrected chi connectivity index (χ1v) is 9.51. The molecule has 23 heavy (non-hydrogen) atoms. The van der Waals surface area contributed by atoms with Crippen molar-refractivity contribution >= 4 is 17.9 Å². The van der Waals surface area contributed by atoms with Crippen LogP contribution in [0.5, 0.6) is 0 Å². The minimum absolute atomic E-state index is 0.0510. The topological polar surface area (TPSA) is 53.6 Å². The van der Waals surface area contributed by atoms with Crippen LogP contribution in [0.2, 0.25) is 0 Å². The van der Waals surface area contributed by atoms with Crippen molar-refractivity contribution in [3.05, 3.63) is 0 Å². The molecule has 0 spiro atoms. The molecule has 1 atom stereocenters. The van der Waals surface area contributed by atoms with Gasteiger partial charge in [0, 0.05) is 31.0 Å². The summed E-state index contributed by atoms with van der Waals surface area (Å²) >= 11 is 1.72. The molecule has 0 heterocycles. The number of nitrogens with zero attached hydrogens (tertiary/aromatic N) is 1. The van der Waals surface area contributed by atoms with Crippen LogP contribution in [0.25, 0.3) is 0 Å². The molecular formula is C17H39N3O2S. The molecule has 6 heteroatoms. The minimum atomic E-state index is -0.776. The van der Waals surface area contributed by atoms with Crippen molar-refractivity contribution in [1.82, 2.24) is 14.9 Å². The molecule has 0 aliphatic rings. The molecule has 1 unspecified atom stereocenters. The molecule has 140 valence electrons. The van der Waals surface area contributed by atoms with Crippen molar-refractivity contribution in [2.24, 2.45) is 0 Å². The summed E-state index contributed by atoms with van der Waals surface area (Å²) in [5.41, 5.74) is -0.776. The van der Waals surface area contributed by atoms with E-state index in [0.717, 1.165) is 13.0 Å². The molecule has 0 aromatic rings. The highest BCUT2D eigenvalue weighted by Crippen LogP contribution is 2.15. The van der Waals surface area contributed by atoms with Crippen molar-refractivity contribution in [3.63, 3.8) is 0 Å². The van der Waals surface area contributed by atoms with E-state index >= 15 is 0 Å². The standard InChI is InChI=1S/C15H33N3O2S.C2H6/c1-12(2)17-21-13(3)8-11-20-15(4,5)14(19)16-9-10-18(6)7;1-2/h12-13,17H,8-11H2,1-7H3,(H,16,19);1-2H3. The number of amides is 1. The molecule has 0 aromatic carbocycles. The average molecular weight is 350 g/mol. The Labute approximate surface area is 148 Å². The Morgan fingerprint density at radius 3 is 2.26 bits per heavy atom. The summed E-state index contributed by atoms with van der Waals surface area (Å²) in [4.78, 5) is 14.1. The van der Waals surface area contributed by atoms with E-state index in [4.69, 9.17) is 4.74 Å². The molecule has 5 nitrogen and oxygen atoms in total. The first kappa shape index (κ1) is 24.9. The predicted molar refractivity (Wildman–Crippen MR) is 103 cm³/mol. The zero-order chi connectivity index (χ0) is 18.5. The summed E-state index contributed by atoms with van der Waals surface area (Å²) in [6.07, 6.45) is 0.915. The molecule has 0 aliphatic heterocycles. The molecule has 2 N–H and O–H groups in total. The van der Waals surface area contributed by atoms with Gasteiger partial charge in [0.05, 0.1) is 0 Å². The lowest BCUT2D eigenvalue weighted by molar-refractivity contribution is -0.142. The summed E-state index contributed by atoms with van der Waals surface area (Å²) in [6, 6.07) is 0.470. The van der Waals surface area contributed by atoms with Gasteiger partial charge in [-0.2, -0.15) is 0 Å². The van der Waals surface area contributed by atoms with Gasteiger partial charge in [0.15, 0.2) is 0 Å². The first-order chi connectivity index (χ1) is 10.6. The highest BCUT2D eigenvalue weighted by atomic mass is 32.2. The van der Waals surface area contributed by atoms with Crippen LogP contribution in [0.4, 0.5) is 0 Å². The van der Waals surface area contributed by atoms with Crippen molar-refractivity contribution in [1.29, 1.82) is 0 Å². The summed E-state index contributed by atoms with van der Waals surface area (Å²) < 4.78 is 9.09. The summed E-state index contributed by atoms with van der Waals surface area (Å²) in [5, 5.41) is 3.37. The van der Waals surface area contributed by atoms with Crippen molar-refractivity contribution in [2.45, 2.75) is 71.8 Å². The van der Waals surface area contributed by atoms with E-state index in [1.54, 1.807) is 11.9 Å². The van der Waals surface area contributed by atoms with Crippen molar-refractivity contribution < 1.29 is 9.53 Å². The number of likely N-dealkylation sites (N-methyl/N-ethyl adjacent to an activating group) is 1. The lowest BCUT2D eigenvalue weighted by atomic mass is 10.1. The lowest BCUT2D eigenvalue weighted by Crippen LogP contribution is -2.46. The SMILES string of the molecule is CC.CC(C)NSC(C)CCOC(C)(C)C(=O)NCCN(C)C. The highest BCUT2D eigenvalue weighted by molar-refractivity contribution is 7.98. The fourth-order valence-electron chi connectivity index (χ4n) is 1.46. The fourth-order valence-corrected chi connectivity index (χ4v) is 2.18. The minimum Gasteiger partial charge on any atom is -0.366 e. The van der Waals surface area contributed by atoms with Gasteiger partial charge in [0.25, 0.3) is 5.91 Å². The predicted octanol–water partition coefficient (Wildman–Crippen LogP) is 2.91. The average Bonchev–Trinajstić information content (AvgIpc) is 2.46. The Morgan fingerprint density at radius 2 is 1.78 bits per heavy atom. The molecule has 0 saturated heterocycles. The van der Waals surface area contributed by atoms with Crippen LogP contribution in [0, 0.1) is 0 Å². The second-order valence-corrected chi connectivity index (χ2v) is 7.68. The largest absolute Gasteiger partial charge is 0.366 e. The highest BCUT2D eigenvalue weighted by Gasteiger charge is 2.28. The number of nitrogens with one attached hydrogen (secondary N) is 2. The monoisotopic (exact) mass is 349 g/mol. The van der Waals surface area contributed by atoms with Crippen LogP contribution in [0.1, 0.15) is 54.9 Å². The third kappa shape index (κ3) is 15.0. The first-order valence-electron chi connectivity index (χ1n) is 8.63. The van der Waals surface area contributed by atoms with Gasteiger partial charge in [-0.1, -0.05) is 32.7 Å². The smallest absolute Gasteiger partial charge is 0.251 e. The van der Waals surface area contributed by atoms with Gasteiger partial charge in [-0.15, -0.1) is 0 Å². The van der Waals surface area contributed by atoms with E-state index in [1.807, 2.05) is 46.7 Å². The van der Waals surface area contributed by atoms with E-state index in [2.05, 4.69) is 30.8 Å². The Balaban J connectivity index is 0. The molecule has 0 radical (unpaired) electrons. The van der Waals surface area contributed by atoms with E-state index in [0.29, 0.717) is 24.4 Å². The molecule has 0 saturated carbocycles. The molecule has 0 bridgehead atoms. The number of hydrogen-bond donors (Lipinski definition) is 2. The quantitative estimate of drug-likeness (QED) is 0.562. The maximum Gasteiger partial charge on any atom is 0.251 e. The van der Waals surface area contributed by atoms with Gasteiger partial charge in [-0.05, 0) is 48.2 Å². The summed E-state index contributed by atoms with van der Waals surface area (Å²) in [5.74, 6) is -0.0510. The molecule has 0 fully saturated rings. The Morgan fingerprint density at radius 1 is 1.22 bits per heavy atom. The summed E-state index contributed by atoms with van der Waals surface area (Å²) in [6.45, 7) is 16.1. The van der Waals surface area contributed by atoms with Crippen LogP contribution >= 0.6 is 11.9 Å². The molecule has 1 amide bonds. The number of rotatable bonds is 11. The van der Waals surface area contributed by atoms with E-state index in [9.17, 15) is 4.79 Å². The van der Waals surface area contributed by atoms with Gasteiger partial charge in [0.1, 0.15) is 5.60 Å². The third-order valence-corrected chi connectivity index (χ3v) is 4.13. The molecule has 0 aromatic heterocycles. The van der Waals surface area contributed by atoms with Crippen LogP contribution in [-0.4, -0.2) is 61.5 Å². The number of carbonyl (C=O) groups is 1. The number of hydrogen-bond acceptors (Lipinski definition) is 5. The zero-order valence-corrected chi connectivity index (χ0v) is 17.5. The van der Waals surface area contributed by atoms with E-state index in [1.165, 1.54) is 0 Å².